The third-order valence-corrected chi connectivity index (χ3v) is 5.08. The number of carboxylic acids is 1. The second-order valence-corrected chi connectivity index (χ2v) is 6.84. The fourth-order valence-electron chi connectivity index (χ4n) is 3.59. The highest BCUT2D eigenvalue weighted by Gasteiger charge is 2.33. The van der Waals surface area contributed by atoms with Crippen LogP contribution in [0.15, 0.2) is 17.1 Å². The number of hydrogen-bond donors (Lipinski definition) is 2. The molecule has 1 atom stereocenters. The average Bonchev–Trinajstić information content (AvgIpc) is 3.47. The third kappa shape index (κ3) is 2.87. The highest BCUT2D eigenvalue weighted by molar-refractivity contribution is 5.94. The average molecular weight is 380 g/mol. The molecule has 7 nitrogen and oxygen atoms in total. The predicted octanol–water partition coefficient (Wildman–Crippen LogP) is 1.51. The minimum absolute atomic E-state index is 0.105. The van der Waals surface area contributed by atoms with Gasteiger partial charge < -0.3 is 24.4 Å². The molecule has 27 heavy (non-hydrogen) atoms. The normalized spacial score (nSPS) is 20.3. The predicted molar refractivity (Wildman–Crippen MR) is 92.4 cm³/mol. The molecule has 2 aromatic rings. The van der Waals surface area contributed by atoms with Gasteiger partial charge in [-0.1, -0.05) is 0 Å². The molecule has 1 saturated carbocycles. The van der Waals surface area contributed by atoms with E-state index in [1.807, 2.05) is 0 Å². The van der Waals surface area contributed by atoms with Gasteiger partial charge in [-0.15, -0.1) is 0 Å². The number of aromatic nitrogens is 1. The maximum absolute atomic E-state index is 15.5. The van der Waals surface area contributed by atoms with Gasteiger partial charge in [-0.2, -0.15) is 0 Å². The third-order valence-electron chi connectivity index (χ3n) is 5.08. The molecule has 0 amide bonds. The first-order valence-corrected chi connectivity index (χ1v) is 8.69. The number of ether oxygens (including phenoxy) is 1. The van der Waals surface area contributed by atoms with E-state index in [0.29, 0.717) is 0 Å². The summed E-state index contributed by atoms with van der Waals surface area (Å²) in [5.41, 5.74) is -1.87. The van der Waals surface area contributed by atoms with Gasteiger partial charge in [0.15, 0.2) is 5.82 Å². The molecule has 1 unspecified atom stereocenters. The largest absolute Gasteiger partial charge is 0.477 e. The maximum atomic E-state index is 15.5. The zero-order valence-electron chi connectivity index (χ0n) is 14.3. The number of fused-ring (bicyclic) bond motifs is 1. The number of aromatic carboxylic acids is 1. The van der Waals surface area contributed by atoms with E-state index in [0.717, 1.165) is 25.1 Å². The summed E-state index contributed by atoms with van der Waals surface area (Å²) in [4.78, 5) is 25.3. The van der Waals surface area contributed by atoms with Crippen LogP contribution in [0.1, 0.15) is 29.2 Å². The molecule has 1 saturated heterocycles. The number of carbonyl (C=O) groups is 1. The van der Waals surface area contributed by atoms with Crippen molar-refractivity contribution in [2.45, 2.75) is 24.9 Å². The Hall–Kier alpha value is -2.52. The number of rotatable bonds is 4. The van der Waals surface area contributed by atoms with Crippen molar-refractivity contribution in [1.29, 1.82) is 0 Å². The van der Waals surface area contributed by atoms with E-state index in [2.05, 4.69) is 0 Å². The van der Waals surface area contributed by atoms with Crippen LogP contribution in [0, 0.1) is 11.6 Å². The van der Waals surface area contributed by atoms with Crippen molar-refractivity contribution in [2.75, 3.05) is 31.3 Å². The summed E-state index contributed by atoms with van der Waals surface area (Å²) >= 11 is 0. The van der Waals surface area contributed by atoms with Crippen LogP contribution in [-0.4, -0.2) is 53.2 Å². The number of carboxylic acid groups (broad SMARTS) is 1. The highest BCUT2D eigenvalue weighted by atomic mass is 19.1. The minimum atomic E-state index is -1.44. The molecular weight excluding hydrogens is 362 g/mol. The molecule has 2 aliphatic rings. The summed E-state index contributed by atoms with van der Waals surface area (Å²) in [6, 6.07) is 0.155. The van der Waals surface area contributed by atoms with Crippen molar-refractivity contribution in [3.63, 3.8) is 0 Å². The second-order valence-electron chi connectivity index (χ2n) is 6.84. The summed E-state index contributed by atoms with van der Waals surface area (Å²) in [7, 11) is 0. The van der Waals surface area contributed by atoms with E-state index in [-0.39, 0.29) is 49.0 Å². The Kier molecular flexibility index (Phi) is 4.35. The number of aliphatic hydroxyl groups is 1. The summed E-state index contributed by atoms with van der Waals surface area (Å²) in [5.74, 6) is -3.33. The number of hydrogen-bond acceptors (Lipinski definition) is 5. The van der Waals surface area contributed by atoms with Gasteiger partial charge in [0.25, 0.3) is 0 Å². The van der Waals surface area contributed by atoms with Crippen LogP contribution in [0.25, 0.3) is 10.9 Å². The van der Waals surface area contributed by atoms with E-state index >= 15 is 4.39 Å². The molecule has 0 spiro atoms. The first kappa shape index (κ1) is 17.9. The summed E-state index contributed by atoms with van der Waals surface area (Å²) < 4.78 is 37.0. The summed E-state index contributed by atoms with van der Waals surface area (Å²) in [6.07, 6.45) is 2.58. The van der Waals surface area contributed by atoms with Gasteiger partial charge in [0.2, 0.25) is 5.43 Å². The standard InChI is InChI=1S/C18H18F2N2O5/c19-13-5-11-15(14(20)16(13)21-3-4-27-8-10(21)7-23)22(9-1-2-9)6-12(17(11)24)18(25)26/h5-6,9-10,23H,1-4,7-8H2,(H,25,26). The lowest BCUT2D eigenvalue weighted by atomic mass is 10.1. The molecule has 2 fully saturated rings. The Bertz CT molecular complexity index is 986. The lowest BCUT2D eigenvalue weighted by molar-refractivity contribution is 0.0693. The van der Waals surface area contributed by atoms with Crippen molar-refractivity contribution in [2.24, 2.45) is 0 Å². The molecule has 1 aliphatic carbocycles. The molecule has 2 N–H and O–H groups in total. The van der Waals surface area contributed by atoms with E-state index in [4.69, 9.17) is 4.74 Å². The van der Waals surface area contributed by atoms with E-state index in [9.17, 15) is 24.2 Å². The monoisotopic (exact) mass is 380 g/mol. The van der Waals surface area contributed by atoms with Gasteiger partial charge in [0.05, 0.1) is 36.8 Å². The zero-order chi connectivity index (χ0) is 19.3. The quantitative estimate of drug-likeness (QED) is 0.836. The van der Waals surface area contributed by atoms with Crippen molar-refractivity contribution < 1.29 is 28.5 Å². The lowest BCUT2D eigenvalue weighted by Crippen LogP contribution is -2.48. The smallest absolute Gasteiger partial charge is 0.341 e. The van der Waals surface area contributed by atoms with Gasteiger partial charge in [-0.3, -0.25) is 4.79 Å². The van der Waals surface area contributed by atoms with E-state index < -0.39 is 34.6 Å². The molecule has 0 radical (unpaired) electrons. The van der Waals surface area contributed by atoms with Gasteiger partial charge >= 0.3 is 5.97 Å². The Morgan fingerprint density at radius 3 is 2.70 bits per heavy atom. The van der Waals surface area contributed by atoms with Crippen LogP contribution in [0.2, 0.25) is 0 Å². The molecule has 1 aromatic heterocycles. The summed E-state index contributed by atoms with van der Waals surface area (Å²) in [5, 5.41) is 18.5. The number of morpholine rings is 1. The van der Waals surface area contributed by atoms with Crippen LogP contribution >= 0.6 is 0 Å². The van der Waals surface area contributed by atoms with Gasteiger partial charge in [-0.25, -0.2) is 13.6 Å². The van der Waals surface area contributed by atoms with E-state index in [1.54, 1.807) is 0 Å². The number of pyridine rings is 1. The number of halogens is 2. The molecule has 2 heterocycles. The molecular formula is C18H18F2N2O5. The Morgan fingerprint density at radius 2 is 2.07 bits per heavy atom. The van der Waals surface area contributed by atoms with Crippen LogP contribution in [0.3, 0.4) is 0 Å². The highest BCUT2D eigenvalue weighted by Crippen LogP contribution is 2.40. The first-order chi connectivity index (χ1) is 12.9. The topological polar surface area (TPSA) is 92.0 Å². The molecule has 144 valence electrons. The Balaban J connectivity index is 2.01. The minimum Gasteiger partial charge on any atom is -0.477 e. The molecule has 9 heteroatoms. The van der Waals surface area contributed by atoms with Crippen LogP contribution in [-0.2, 0) is 4.74 Å². The second kappa shape index (κ2) is 6.58. The number of aliphatic hydroxyl groups excluding tert-OH is 1. The fraction of sp³-hybridized carbons (Fsp3) is 0.444. The van der Waals surface area contributed by atoms with Crippen LogP contribution < -0.4 is 10.3 Å². The maximum Gasteiger partial charge on any atom is 0.341 e. The van der Waals surface area contributed by atoms with Crippen molar-refractivity contribution in [3.8, 4) is 0 Å². The van der Waals surface area contributed by atoms with Gasteiger partial charge in [0.1, 0.15) is 17.1 Å². The van der Waals surface area contributed by atoms with Crippen molar-refractivity contribution >= 4 is 22.6 Å². The SMILES string of the molecule is O=C(O)c1cn(C2CC2)c2c(F)c(N3CCOCC3CO)c(F)cc2c1=O. The lowest BCUT2D eigenvalue weighted by Gasteiger charge is -2.36. The number of anilines is 1. The first-order valence-electron chi connectivity index (χ1n) is 8.69. The summed E-state index contributed by atoms with van der Waals surface area (Å²) in [6.45, 7) is 0.220. The van der Waals surface area contributed by atoms with Gasteiger partial charge in [0, 0.05) is 18.8 Å². The molecule has 1 aromatic carbocycles. The van der Waals surface area contributed by atoms with Gasteiger partial charge in [-0.05, 0) is 18.9 Å². The van der Waals surface area contributed by atoms with Crippen molar-refractivity contribution in [3.05, 3.63) is 39.7 Å². The van der Waals surface area contributed by atoms with E-state index in [1.165, 1.54) is 9.47 Å². The number of nitrogens with zero attached hydrogens (tertiary/aromatic N) is 2. The van der Waals surface area contributed by atoms with Crippen molar-refractivity contribution in [1.82, 2.24) is 4.57 Å². The van der Waals surface area contributed by atoms with Crippen LogP contribution in [0.4, 0.5) is 14.5 Å². The molecule has 1 aliphatic heterocycles. The zero-order valence-corrected chi connectivity index (χ0v) is 14.3. The molecule has 4 rings (SSSR count). The molecule has 0 bridgehead atoms. The number of benzene rings is 1. The van der Waals surface area contributed by atoms with Crippen LogP contribution in [0.5, 0.6) is 0 Å². The Labute approximate surface area is 152 Å². The Morgan fingerprint density at radius 1 is 1.33 bits per heavy atom. The fourth-order valence-corrected chi connectivity index (χ4v) is 3.59.